The molecule has 1 aromatic carbocycles. The molecule has 3 aromatic rings. The highest BCUT2D eigenvalue weighted by atomic mass is 31.2. The highest BCUT2D eigenvalue weighted by Gasteiger charge is 2.32. The van der Waals surface area contributed by atoms with Gasteiger partial charge in [-0.15, -0.1) is 0 Å². The van der Waals surface area contributed by atoms with Gasteiger partial charge in [-0.25, -0.2) is 9.65 Å². The number of nitrogens with zero attached hydrogens (tertiary/aromatic N) is 3. The van der Waals surface area contributed by atoms with E-state index in [0.29, 0.717) is 29.3 Å². The largest absolute Gasteiger partial charge is 0.462 e. The molecule has 33 heavy (non-hydrogen) atoms. The van der Waals surface area contributed by atoms with Crippen molar-refractivity contribution in [2.75, 3.05) is 12.1 Å². The fraction of sp³-hybridized carbons (Fsp3) is 0.429. The molecule has 3 rings (SSSR count). The van der Waals surface area contributed by atoms with Crippen molar-refractivity contribution in [2.45, 2.75) is 52.5 Å². The number of para-hydroxylation sites is 1. The Morgan fingerprint density at radius 2 is 1.94 bits per heavy atom. The Hall–Kier alpha value is -3.01. The number of rotatable bonds is 11. The van der Waals surface area contributed by atoms with Crippen LogP contribution < -0.4 is 19.9 Å². The number of hydrogen-bond donors (Lipinski definition) is 3. The van der Waals surface area contributed by atoms with Crippen LogP contribution in [-0.4, -0.2) is 45.5 Å². The van der Waals surface area contributed by atoms with Gasteiger partial charge in [-0.3, -0.25) is 14.3 Å². The van der Waals surface area contributed by atoms with E-state index in [0.717, 1.165) is 0 Å². The van der Waals surface area contributed by atoms with Gasteiger partial charge in [0.2, 0.25) is 5.52 Å². The van der Waals surface area contributed by atoms with Crippen molar-refractivity contribution in [3.05, 3.63) is 43.0 Å². The molecular weight excluding hydrogens is 447 g/mol. The zero-order chi connectivity index (χ0) is 24.0. The second kappa shape index (κ2) is 10.7. The van der Waals surface area contributed by atoms with E-state index in [2.05, 4.69) is 20.0 Å². The number of benzene rings is 1. The summed E-state index contributed by atoms with van der Waals surface area (Å²) < 4.78 is 32.3. The van der Waals surface area contributed by atoms with Gasteiger partial charge in [-0.1, -0.05) is 23.2 Å². The molecule has 0 aliphatic rings. The summed E-state index contributed by atoms with van der Waals surface area (Å²) in [6.45, 7) is 7.31. The van der Waals surface area contributed by atoms with Gasteiger partial charge < -0.3 is 19.7 Å². The predicted molar refractivity (Wildman–Crippen MR) is 122 cm³/mol. The number of aromatic nitrogens is 4. The first-order valence-corrected chi connectivity index (χ1v) is 12.4. The summed E-state index contributed by atoms with van der Waals surface area (Å²) in [5.41, 5.74) is 7.12. The second-order valence-corrected chi connectivity index (χ2v) is 9.95. The highest BCUT2D eigenvalue weighted by Crippen LogP contribution is 2.44. The number of hydrogen-bond acceptors (Lipinski definition) is 8. The van der Waals surface area contributed by atoms with E-state index in [1.807, 2.05) is 17.6 Å². The minimum Gasteiger partial charge on any atom is -0.462 e. The van der Waals surface area contributed by atoms with Crippen molar-refractivity contribution < 1.29 is 27.9 Å². The fourth-order valence-corrected chi connectivity index (χ4v) is 4.86. The number of nitrogen functional groups attached to an aromatic ring is 1. The van der Waals surface area contributed by atoms with Crippen molar-refractivity contribution in [3.63, 3.8) is 0 Å². The molecule has 0 fully saturated rings. The Morgan fingerprint density at radius 1 is 1.21 bits per heavy atom. The molecule has 0 amide bonds. The summed E-state index contributed by atoms with van der Waals surface area (Å²) >= 11 is 0. The Labute approximate surface area is 192 Å². The molecule has 11 nitrogen and oxygen atoms in total. The molecule has 0 aliphatic carbocycles. The number of esters is 1. The number of nitrogens with two attached hydrogens (primary N) is 1. The maximum absolute atomic E-state index is 13.6. The van der Waals surface area contributed by atoms with Gasteiger partial charge in [-0.2, -0.15) is 4.98 Å². The van der Waals surface area contributed by atoms with Crippen molar-refractivity contribution in [2.24, 2.45) is 0 Å². The second-order valence-electron chi connectivity index (χ2n) is 7.90. The Morgan fingerprint density at radius 3 is 2.64 bits per heavy atom. The molecule has 12 heteroatoms. The van der Waals surface area contributed by atoms with E-state index < -0.39 is 19.5 Å². The first kappa shape index (κ1) is 24.6. The summed E-state index contributed by atoms with van der Waals surface area (Å²) in [6.07, 6.45) is 2.19. The summed E-state index contributed by atoms with van der Waals surface area (Å²) in [4.78, 5) is 23.5. The van der Waals surface area contributed by atoms with Crippen LogP contribution >= 0.6 is 7.52 Å². The quantitative estimate of drug-likeness (QED) is 0.215. The zero-order valence-electron chi connectivity index (χ0n) is 19.1. The molecule has 2 aromatic heterocycles. The van der Waals surface area contributed by atoms with E-state index in [1.165, 1.54) is 6.33 Å². The van der Waals surface area contributed by atoms with Crippen LogP contribution in [0.5, 0.6) is 5.75 Å². The molecule has 0 saturated carbocycles. The van der Waals surface area contributed by atoms with Crippen LogP contribution in [0.4, 0.5) is 5.82 Å². The molecule has 0 radical (unpaired) electrons. The standard InChI is InChI=1S/C21H29N6O5P/c1-14(2)31-21(28)16(4)26-33(29,32-17-8-6-5-7-9-17)13-30-15(3)10-27-12-25-18-19(22)23-11-24-20(18)27/h5-9,11-12,14-16H,10,13H2,1-4H3,(H3,22,23,24,26,29)/p+1/t15-,16+,33+/m1/s1. The van der Waals surface area contributed by atoms with E-state index in [-0.39, 0.29) is 18.6 Å². The van der Waals surface area contributed by atoms with Crippen LogP contribution in [0, 0.1) is 0 Å². The summed E-state index contributed by atoms with van der Waals surface area (Å²) in [5.74, 6) is 0.216. The summed E-state index contributed by atoms with van der Waals surface area (Å²) in [7, 11) is -3.63. The van der Waals surface area contributed by atoms with Gasteiger partial charge in [0.15, 0.2) is 18.5 Å². The van der Waals surface area contributed by atoms with E-state index in [9.17, 15) is 9.36 Å². The number of carbonyl (C=O) groups excluding carboxylic acids is 1. The maximum Gasteiger partial charge on any atom is 0.342 e. The predicted octanol–water partition coefficient (Wildman–Crippen LogP) is 2.39. The molecule has 3 atom stereocenters. The minimum atomic E-state index is -3.63. The van der Waals surface area contributed by atoms with Crippen LogP contribution in [0.15, 0.2) is 43.0 Å². The van der Waals surface area contributed by atoms with Crippen LogP contribution in [0.2, 0.25) is 0 Å². The number of ether oxygens (including phenoxy) is 2. The number of aromatic amines is 1. The molecule has 0 spiro atoms. The lowest BCUT2D eigenvalue weighted by Gasteiger charge is -2.25. The van der Waals surface area contributed by atoms with Gasteiger partial charge >= 0.3 is 19.1 Å². The smallest absolute Gasteiger partial charge is 0.342 e. The maximum atomic E-state index is 13.6. The zero-order valence-corrected chi connectivity index (χ0v) is 20.0. The number of fused-ring (bicyclic) bond motifs is 1. The van der Waals surface area contributed by atoms with Crippen molar-refractivity contribution >= 4 is 30.5 Å². The third-order valence-electron chi connectivity index (χ3n) is 4.57. The first-order valence-electron chi connectivity index (χ1n) is 10.6. The Bertz CT molecular complexity index is 1120. The molecule has 4 N–H and O–H groups in total. The van der Waals surface area contributed by atoms with Crippen LogP contribution in [0.3, 0.4) is 0 Å². The lowest BCUT2D eigenvalue weighted by atomic mass is 10.3. The van der Waals surface area contributed by atoms with E-state index in [1.54, 1.807) is 51.4 Å². The van der Waals surface area contributed by atoms with Gasteiger partial charge in [0, 0.05) is 0 Å². The average molecular weight is 477 g/mol. The van der Waals surface area contributed by atoms with E-state index in [4.69, 9.17) is 19.7 Å². The molecule has 2 heterocycles. The van der Waals surface area contributed by atoms with Crippen molar-refractivity contribution in [3.8, 4) is 5.75 Å². The minimum absolute atomic E-state index is 0.262. The van der Waals surface area contributed by atoms with E-state index >= 15 is 0 Å². The third-order valence-corrected chi connectivity index (χ3v) is 6.34. The monoisotopic (exact) mass is 477 g/mol. The van der Waals surface area contributed by atoms with Crippen LogP contribution in [0.25, 0.3) is 11.2 Å². The summed E-state index contributed by atoms with van der Waals surface area (Å²) in [5, 5.41) is 2.78. The van der Waals surface area contributed by atoms with Gasteiger partial charge in [0.1, 0.15) is 18.1 Å². The molecule has 0 aliphatic heterocycles. The van der Waals surface area contributed by atoms with Crippen molar-refractivity contribution in [1.82, 2.24) is 20.0 Å². The SMILES string of the molecule is CC(C)OC(=O)[C@H](C)N[P@](=O)(CO[C@H](C)C[n+]1c[nH]c2c(N)ncnc21)Oc1ccccc1. The highest BCUT2D eigenvalue weighted by molar-refractivity contribution is 7.57. The number of carbonyl (C=O) groups is 1. The lowest BCUT2D eigenvalue weighted by Crippen LogP contribution is -2.40. The topological polar surface area (TPSA) is 145 Å². The molecular formula is C21H30N6O5P+. The molecule has 0 saturated heterocycles. The number of imidazole rings is 1. The molecule has 0 unspecified atom stereocenters. The van der Waals surface area contributed by atoms with Crippen LogP contribution in [0.1, 0.15) is 27.7 Å². The van der Waals surface area contributed by atoms with Crippen LogP contribution in [-0.2, 0) is 25.4 Å². The van der Waals surface area contributed by atoms with Crippen molar-refractivity contribution in [1.29, 1.82) is 0 Å². The van der Waals surface area contributed by atoms with Gasteiger partial charge in [0.25, 0.3) is 0 Å². The summed E-state index contributed by atoms with van der Waals surface area (Å²) in [6, 6.07) is 7.85. The number of H-pyrrole nitrogens is 1. The third kappa shape index (κ3) is 6.74. The Balaban J connectivity index is 1.70. The molecule has 178 valence electrons. The molecule has 0 bridgehead atoms. The first-order chi connectivity index (χ1) is 15.7. The fourth-order valence-electron chi connectivity index (χ4n) is 3.07. The number of anilines is 1. The lowest BCUT2D eigenvalue weighted by molar-refractivity contribution is -0.679. The average Bonchev–Trinajstić information content (AvgIpc) is 3.16. The number of nitrogens with one attached hydrogen (secondary N) is 2. The van der Waals surface area contributed by atoms with Gasteiger partial charge in [-0.05, 0) is 39.8 Å². The normalized spacial score (nSPS) is 15.2. The van der Waals surface area contributed by atoms with Gasteiger partial charge in [0.05, 0.1) is 18.8 Å². The Kier molecular flexibility index (Phi) is 8.01.